The lowest BCUT2D eigenvalue weighted by Gasteiger charge is -2.50. The molecule has 7 heteroatoms. The molecule has 0 spiro atoms. The Labute approximate surface area is 146 Å². The number of nitrogens with zero attached hydrogens (tertiary/aromatic N) is 1. The number of fused-ring (bicyclic) bond motifs is 3. The molecule has 3 aliphatic carbocycles. The molecule has 1 amide bonds. The largest absolute Gasteiger partial charge is 0.416 e. The normalized spacial score (nSPS) is 29.1. The van der Waals surface area contributed by atoms with Crippen molar-refractivity contribution in [1.29, 1.82) is 5.26 Å². The van der Waals surface area contributed by atoms with Crippen LogP contribution in [0.3, 0.4) is 0 Å². The molecule has 3 saturated carbocycles. The number of nitriles is 1. The van der Waals surface area contributed by atoms with Gasteiger partial charge in [-0.05, 0) is 72.7 Å². The molecule has 4 rings (SSSR count). The van der Waals surface area contributed by atoms with Gasteiger partial charge in [0.15, 0.2) is 0 Å². The van der Waals surface area contributed by atoms with E-state index in [9.17, 15) is 23.2 Å². The Morgan fingerprint density at radius 2 is 1.75 bits per heavy atom. The Morgan fingerprint density at radius 1 is 1.17 bits per heavy atom. The second-order valence-corrected chi connectivity index (χ2v) is 7.67. The van der Waals surface area contributed by atoms with Crippen molar-refractivity contribution in [2.75, 3.05) is 0 Å². The second-order valence-electron chi connectivity index (χ2n) is 6.82. The van der Waals surface area contributed by atoms with Gasteiger partial charge in [0.05, 0.1) is 22.6 Å². The third-order valence-corrected chi connectivity index (χ3v) is 6.09. The number of nitrogens with one attached hydrogen (secondary N) is 1. The van der Waals surface area contributed by atoms with Crippen LogP contribution in [-0.2, 0) is 6.18 Å². The van der Waals surface area contributed by atoms with Crippen molar-refractivity contribution in [3.8, 4) is 6.07 Å². The first-order valence-corrected chi connectivity index (χ1v) is 8.59. The highest BCUT2D eigenvalue weighted by Gasteiger charge is 2.49. The van der Waals surface area contributed by atoms with E-state index in [1.807, 2.05) is 0 Å². The predicted octanol–water partition coefficient (Wildman–Crippen LogP) is 4.81. The van der Waals surface area contributed by atoms with Crippen LogP contribution in [0.5, 0.6) is 0 Å². The van der Waals surface area contributed by atoms with Crippen molar-refractivity contribution in [2.24, 2.45) is 5.41 Å². The van der Waals surface area contributed by atoms with Crippen LogP contribution in [0, 0.1) is 16.7 Å². The molecular weight excluding hydrogens is 385 g/mol. The minimum atomic E-state index is -4.49. The van der Waals surface area contributed by atoms with Crippen molar-refractivity contribution in [3.63, 3.8) is 0 Å². The van der Waals surface area contributed by atoms with Gasteiger partial charge < -0.3 is 5.32 Å². The van der Waals surface area contributed by atoms with E-state index in [1.54, 1.807) is 0 Å². The number of hydrogen-bond donors (Lipinski definition) is 1. The number of benzene rings is 1. The van der Waals surface area contributed by atoms with Gasteiger partial charge in [-0.3, -0.25) is 4.79 Å². The van der Waals surface area contributed by atoms with E-state index in [4.69, 9.17) is 0 Å². The molecule has 2 bridgehead atoms. The minimum absolute atomic E-state index is 0.0121. The number of carbonyl (C=O) groups excluding carboxylic acids is 1. The van der Waals surface area contributed by atoms with E-state index < -0.39 is 23.2 Å². The Balaban J connectivity index is 1.80. The molecule has 1 aromatic rings. The first-order valence-electron chi connectivity index (χ1n) is 7.79. The lowest BCUT2D eigenvalue weighted by Crippen LogP contribution is -2.56. The maximum Gasteiger partial charge on any atom is 0.416 e. The van der Waals surface area contributed by atoms with Crippen LogP contribution < -0.4 is 5.32 Å². The molecule has 0 radical (unpaired) electrons. The summed E-state index contributed by atoms with van der Waals surface area (Å²) in [6.07, 6.45) is -0.209. The molecule has 3 aliphatic rings. The van der Waals surface area contributed by atoms with Crippen molar-refractivity contribution in [1.82, 2.24) is 5.32 Å². The standard InChI is InChI=1S/C17H16BrF3N2O/c18-13-2-1-11(17(19,20)21)9-12(13)14(24)23-16-6-3-15(10-22,4-7-16)5-8-16/h1-2,9H,3-8H2,(H,23,24). The number of carbonyl (C=O) groups is 1. The lowest BCUT2D eigenvalue weighted by molar-refractivity contribution is -0.137. The molecule has 24 heavy (non-hydrogen) atoms. The smallest absolute Gasteiger partial charge is 0.347 e. The van der Waals surface area contributed by atoms with Gasteiger partial charge in [-0.15, -0.1) is 0 Å². The van der Waals surface area contributed by atoms with Crippen LogP contribution in [0.2, 0.25) is 0 Å². The Hall–Kier alpha value is -1.55. The molecular formula is C17H16BrF3N2O. The second kappa shape index (κ2) is 5.76. The van der Waals surface area contributed by atoms with E-state index in [1.165, 1.54) is 6.07 Å². The van der Waals surface area contributed by atoms with Gasteiger partial charge in [-0.1, -0.05) is 0 Å². The van der Waals surface area contributed by atoms with Crippen molar-refractivity contribution < 1.29 is 18.0 Å². The zero-order valence-electron chi connectivity index (χ0n) is 12.8. The molecule has 1 aromatic carbocycles. The zero-order valence-corrected chi connectivity index (χ0v) is 14.4. The first kappa shape index (κ1) is 17.3. The number of alkyl halides is 3. The van der Waals surface area contributed by atoms with Crippen LogP contribution in [-0.4, -0.2) is 11.4 Å². The Kier molecular flexibility index (Phi) is 4.15. The van der Waals surface area contributed by atoms with E-state index in [0.29, 0.717) is 23.7 Å². The van der Waals surface area contributed by atoms with Crippen molar-refractivity contribution in [3.05, 3.63) is 33.8 Å². The van der Waals surface area contributed by atoms with Crippen LogP contribution in [0.4, 0.5) is 13.2 Å². The summed E-state index contributed by atoms with van der Waals surface area (Å²) in [7, 11) is 0. The SMILES string of the molecule is N#CC12CCC(NC(=O)c3cc(C(F)(F)F)ccc3Br)(CC1)CC2. The van der Waals surface area contributed by atoms with Gasteiger partial charge in [0.2, 0.25) is 0 Å². The van der Waals surface area contributed by atoms with E-state index in [-0.39, 0.29) is 11.0 Å². The summed E-state index contributed by atoms with van der Waals surface area (Å²) in [6, 6.07) is 5.47. The van der Waals surface area contributed by atoms with Crippen LogP contribution in [0.25, 0.3) is 0 Å². The fourth-order valence-corrected chi connectivity index (χ4v) is 4.15. The Bertz CT molecular complexity index is 699. The summed E-state index contributed by atoms with van der Waals surface area (Å²) in [4.78, 5) is 12.6. The molecule has 0 aliphatic heterocycles. The van der Waals surface area contributed by atoms with E-state index in [2.05, 4.69) is 27.3 Å². The summed E-state index contributed by atoms with van der Waals surface area (Å²) in [5.74, 6) is -0.501. The Morgan fingerprint density at radius 3 is 2.25 bits per heavy atom. The topological polar surface area (TPSA) is 52.9 Å². The quantitative estimate of drug-likeness (QED) is 0.773. The van der Waals surface area contributed by atoms with Gasteiger partial charge in [0.25, 0.3) is 5.91 Å². The fourth-order valence-electron chi connectivity index (χ4n) is 3.72. The van der Waals surface area contributed by atoms with Crippen LogP contribution in [0.15, 0.2) is 22.7 Å². The van der Waals surface area contributed by atoms with Gasteiger partial charge in [0, 0.05) is 10.0 Å². The van der Waals surface area contributed by atoms with Crippen LogP contribution in [0.1, 0.15) is 54.4 Å². The monoisotopic (exact) mass is 400 g/mol. The molecule has 0 heterocycles. The van der Waals surface area contributed by atoms with E-state index >= 15 is 0 Å². The molecule has 128 valence electrons. The van der Waals surface area contributed by atoms with Crippen LogP contribution >= 0.6 is 15.9 Å². The fraction of sp³-hybridized carbons (Fsp3) is 0.529. The number of rotatable bonds is 2. The third-order valence-electron chi connectivity index (χ3n) is 5.40. The molecule has 0 saturated heterocycles. The molecule has 1 N–H and O–H groups in total. The first-order chi connectivity index (χ1) is 11.2. The number of amides is 1. The highest BCUT2D eigenvalue weighted by atomic mass is 79.9. The van der Waals surface area contributed by atoms with Crippen molar-refractivity contribution >= 4 is 21.8 Å². The average molecular weight is 401 g/mol. The van der Waals surface area contributed by atoms with Gasteiger partial charge >= 0.3 is 6.18 Å². The highest BCUT2D eigenvalue weighted by Crippen LogP contribution is 2.52. The molecule has 3 fully saturated rings. The third kappa shape index (κ3) is 3.04. The maximum absolute atomic E-state index is 12.9. The highest BCUT2D eigenvalue weighted by molar-refractivity contribution is 9.10. The summed E-state index contributed by atoms with van der Waals surface area (Å²) in [6.45, 7) is 0. The number of halogens is 4. The summed E-state index contributed by atoms with van der Waals surface area (Å²) in [5, 5.41) is 12.3. The summed E-state index contributed by atoms with van der Waals surface area (Å²) in [5.41, 5.74) is -1.53. The lowest BCUT2D eigenvalue weighted by atomic mass is 9.58. The summed E-state index contributed by atoms with van der Waals surface area (Å²) < 4.78 is 39.0. The molecule has 3 nitrogen and oxygen atoms in total. The molecule has 0 atom stereocenters. The maximum atomic E-state index is 12.9. The minimum Gasteiger partial charge on any atom is -0.347 e. The average Bonchev–Trinajstić information content (AvgIpc) is 2.55. The van der Waals surface area contributed by atoms with Gasteiger partial charge in [-0.2, -0.15) is 18.4 Å². The van der Waals surface area contributed by atoms with Gasteiger partial charge in [0.1, 0.15) is 0 Å². The van der Waals surface area contributed by atoms with E-state index in [0.717, 1.165) is 31.4 Å². The number of hydrogen-bond acceptors (Lipinski definition) is 2. The predicted molar refractivity (Wildman–Crippen MR) is 85.1 cm³/mol. The molecule has 0 unspecified atom stereocenters. The van der Waals surface area contributed by atoms with Gasteiger partial charge in [-0.25, -0.2) is 0 Å². The zero-order chi connectivity index (χ0) is 17.6. The summed E-state index contributed by atoms with van der Waals surface area (Å²) >= 11 is 3.16. The molecule has 0 aromatic heterocycles. The van der Waals surface area contributed by atoms with Crippen molar-refractivity contribution in [2.45, 2.75) is 50.2 Å².